The molecule has 0 aliphatic carbocycles. The van der Waals surface area contributed by atoms with Crippen LogP contribution >= 0.6 is 0 Å². The van der Waals surface area contributed by atoms with Crippen LogP contribution in [0.4, 0.5) is 0 Å². The molecule has 5 heteroatoms. The summed E-state index contributed by atoms with van der Waals surface area (Å²) < 4.78 is 6.97. The van der Waals surface area contributed by atoms with Gasteiger partial charge in [0.1, 0.15) is 11.4 Å². The SMILES string of the molecule is COc1ccccc1CN(C)Cc1cc(=O)n2cc(C)ccc2n1. The number of pyridine rings is 1. The lowest BCUT2D eigenvalue weighted by atomic mass is 10.2. The lowest BCUT2D eigenvalue weighted by Gasteiger charge is -2.18. The van der Waals surface area contributed by atoms with Crippen LogP contribution in [0.2, 0.25) is 0 Å². The highest BCUT2D eigenvalue weighted by molar-refractivity contribution is 5.40. The third kappa shape index (κ3) is 3.46. The number of nitrogens with zero attached hydrogens (tertiary/aromatic N) is 3. The van der Waals surface area contributed by atoms with Gasteiger partial charge in [-0.15, -0.1) is 0 Å². The van der Waals surface area contributed by atoms with Crippen molar-refractivity contribution in [1.29, 1.82) is 0 Å². The first-order valence-corrected chi connectivity index (χ1v) is 7.86. The van der Waals surface area contributed by atoms with Crippen molar-refractivity contribution in [3.05, 3.63) is 75.8 Å². The number of methoxy groups -OCH3 is 1. The second-order valence-corrected chi connectivity index (χ2v) is 6.00. The van der Waals surface area contributed by atoms with Gasteiger partial charge in [-0.25, -0.2) is 4.98 Å². The van der Waals surface area contributed by atoms with Crippen LogP contribution in [0.3, 0.4) is 0 Å². The van der Waals surface area contributed by atoms with Gasteiger partial charge >= 0.3 is 0 Å². The first-order chi connectivity index (χ1) is 11.6. The zero-order valence-electron chi connectivity index (χ0n) is 14.2. The molecule has 0 saturated carbocycles. The average molecular weight is 323 g/mol. The van der Waals surface area contributed by atoms with Crippen molar-refractivity contribution in [1.82, 2.24) is 14.3 Å². The molecule has 0 fully saturated rings. The fraction of sp³-hybridized carbons (Fsp3) is 0.263. The number of benzene rings is 1. The van der Waals surface area contributed by atoms with Gasteiger partial charge in [-0.2, -0.15) is 0 Å². The van der Waals surface area contributed by atoms with E-state index in [0.717, 1.165) is 29.1 Å². The van der Waals surface area contributed by atoms with Crippen LogP contribution in [0.1, 0.15) is 16.8 Å². The fourth-order valence-corrected chi connectivity index (χ4v) is 2.80. The average Bonchev–Trinajstić information content (AvgIpc) is 2.56. The van der Waals surface area contributed by atoms with E-state index in [1.165, 1.54) is 0 Å². The number of aromatic nitrogens is 2. The number of hydrogen-bond acceptors (Lipinski definition) is 4. The Kier molecular flexibility index (Phi) is 4.62. The molecule has 0 spiro atoms. The van der Waals surface area contributed by atoms with Gasteiger partial charge in [0.05, 0.1) is 12.8 Å². The Morgan fingerprint density at radius 1 is 1.17 bits per heavy atom. The molecule has 0 bridgehead atoms. The monoisotopic (exact) mass is 323 g/mol. The van der Waals surface area contributed by atoms with Crippen molar-refractivity contribution in [3.63, 3.8) is 0 Å². The molecule has 1 aromatic carbocycles. The zero-order valence-corrected chi connectivity index (χ0v) is 14.2. The van der Waals surface area contributed by atoms with E-state index in [-0.39, 0.29) is 5.56 Å². The summed E-state index contributed by atoms with van der Waals surface area (Å²) in [6.07, 6.45) is 1.81. The molecule has 3 aromatic rings. The largest absolute Gasteiger partial charge is 0.496 e. The molecule has 0 radical (unpaired) electrons. The van der Waals surface area contributed by atoms with Gasteiger partial charge in [0.25, 0.3) is 5.56 Å². The summed E-state index contributed by atoms with van der Waals surface area (Å²) >= 11 is 0. The lowest BCUT2D eigenvalue weighted by Crippen LogP contribution is -2.22. The predicted octanol–water partition coefficient (Wildman–Crippen LogP) is 2.64. The van der Waals surface area contributed by atoms with E-state index in [4.69, 9.17) is 4.74 Å². The maximum absolute atomic E-state index is 12.3. The Balaban J connectivity index is 1.81. The van der Waals surface area contributed by atoms with Gasteiger partial charge in [-0.3, -0.25) is 14.1 Å². The maximum Gasteiger partial charge on any atom is 0.258 e. The summed E-state index contributed by atoms with van der Waals surface area (Å²) in [7, 11) is 3.68. The van der Waals surface area contributed by atoms with Crippen LogP contribution in [-0.2, 0) is 13.1 Å². The van der Waals surface area contributed by atoms with Crippen molar-refractivity contribution in [2.75, 3.05) is 14.2 Å². The third-order valence-corrected chi connectivity index (χ3v) is 3.93. The lowest BCUT2D eigenvalue weighted by molar-refractivity contribution is 0.306. The van der Waals surface area contributed by atoms with Gasteiger partial charge < -0.3 is 4.74 Å². The minimum absolute atomic E-state index is 0.0515. The molecule has 0 aliphatic heterocycles. The smallest absolute Gasteiger partial charge is 0.258 e. The van der Waals surface area contributed by atoms with Gasteiger partial charge in [0.15, 0.2) is 0 Å². The van der Waals surface area contributed by atoms with Gasteiger partial charge in [0, 0.05) is 30.9 Å². The molecule has 0 unspecified atom stereocenters. The second kappa shape index (κ2) is 6.84. The topological polar surface area (TPSA) is 46.8 Å². The Morgan fingerprint density at radius 2 is 1.96 bits per heavy atom. The number of hydrogen-bond donors (Lipinski definition) is 0. The predicted molar refractivity (Wildman–Crippen MR) is 94.4 cm³/mol. The first kappa shape index (κ1) is 16.2. The van der Waals surface area contributed by atoms with Gasteiger partial charge in [0.2, 0.25) is 0 Å². The Hall–Kier alpha value is -2.66. The van der Waals surface area contributed by atoms with Crippen molar-refractivity contribution < 1.29 is 4.74 Å². The van der Waals surface area contributed by atoms with Crippen LogP contribution in [0.15, 0.2) is 53.5 Å². The summed E-state index contributed by atoms with van der Waals surface area (Å²) in [5.74, 6) is 0.867. The van der Waals surface area contributed by atoms with Crippen LogP contribution in [-0.4, -0.2) is 28.4 Å². The minimum atomic E-state index is -0.0515. The summed E-state index contributed by atoms with van der Waals surface area (Å²) in [6, 6.07) is 13.4. The van der Waals surface area contributed by atoms with E-state index in [0.29, 0.717) is 12.2 Å². The Bertz CT molecular complexity index is 918. The molecular weight excluding hydrogens is 302 g/mol. The van der Waals surface area contributed by atoms with E-state index < -0.39 is 0 Å². The maximum atomic E-state index is 12.3. The number of ether oxygens (including phenoxy) is 1. The molecule has 0 atom stereocenters. The van der Waals surface area contributed by atoms with E-state index in [9.17, 15) is 4.79 Å². The zero-order chi connectivity index (χ0) is 17.1. The number of rotatable bonds is 5. The third-order valence-electron chi connectivity index (χ3n) is 3.93. The molecule has 124 valence electrons. The van der Waals surface area contributed by atoms with Gasteiger partial charge in [-0.05, 0) is 31.7 Å². The van der Waals surface area contributed by atoms with Gasteiger partial charge in [-0.1, -0.05) is 24.3 Å². The number of fused-ring (bicyclic) bond motifs is 1. The van der Waals surface area contributed by atoms with Crippen LogP contribution in [0, 0.1) is 6.92 Å². The van der Waals surface area contributed by atoms with E-state index in [1.807, 2.05) is 56.6 Å². The highest BCUT2D eigenvalue weighted by Crippen LogP contribution is 2.19. The minimum Gasteiger partial charge on any atom is -0.496 e. The highest BCUT2D eigenvalue weighted by Gasteiger charge is 2.09. The molecule has 24 heavy (non-hydrogen) atoms. The fourth-order valence-electron chi connectivity index (χ4n) is 2.80. The standard InChI is InChI=1S/C19H21N3O2/c1-14-8-9-18-20-16(10-19(23)22(18)11-14)13-21(2)12-15-6-4-5-7-17(15)24-3/h4-11H,12-13H2,1-3H3. The number of para-hydroxylation sites is 1. The van der Waals surface area contributed by atoms with E-state index in [2.05, 4.69) is 9.88 Å². The van der Waals surface area contributed by atoms with Crippen LogP contribution in [0.5, 0.6) is 5.75 Å². The second-order valence-electron chi connectivity index (χ2n) is 6.00. The number of aryl methyl sites for hydroxylation is 1. The normalized spacial score (nSPS) is 11.2. The first-order valence-electron chi connectivity index (χ1n) is 7.86. The van der Waals surface area contributed by atoms with Crippen molar-refractivity contribution in [2.24, 2.45) is 0 Å². The molecular formula is C19H21N3O2. The van der Waals surface area contributed by atoms with Crippen molar-refractivity contribution in [3.8, 4) is 5.75 Å². The Morgan fingerprint density at radius 3 is 2.75 bits per heavy atom. The molecule has 3 rings (SSSR count). The molecule has 5 nitrogen and oxygen atoms in total. The molecule has 2 heterocycles. The highest BCUT2D eigenvalue weighted by atomic mass is 16.5. The quantitative estimate of drug-likeness (QED) is 0.724. The summed E-state index contributed by atoms with van der Waals surface area (Å²) in [5, 5.41) is 0. The van der Waals surface area contributed by atoms with E-state index >= 15 is 0 Å². The molecule has 0 aliphatic rings. The summed E-state index contributed by atoms with van der Waals surface area (Å²) in [4.78, 5) is 19.0. The molecule has 0 saturated heterocycles. The van der Waals surface area contributed by atoms with Crippen molar-refractivity contribution in [2.45, 2.75) is 20.0 Å². The van der Waals surface area contributed by atoms with Crippen LogP contribution in [0.25, 0.3) is 5.65 Å². The van der Waals surface area contributed by atoms with Crippen molar-refractivity contribution >= 4 is 5.65 Å². The summed E-state index contributed by atoms with van der Waals surface area (Å²) in [6.45, 7) is 3.28. The molecule has 2 aromatic heterocycles. The summed E-state index contributed by atoms with van der Waals surface area (Å²) in [5.41, 5.74) is 3.53. The molecule has 0 amide bonds. The molecule has 0 N–H and O–H groups in total. The Labute approximate surface area is 141 Å². The van der Waals surface area contributed by atoms with Crippen LogP contribution < -0.4 is 10.3 Å². The van der Waals surface area contributed by atoms with E-state index in [1.54, 1.807) is 17.6 Å².